The van der Waals surface area contributed by atoms with E-state index in [1.54, 1.807) is 6.08 Å². The van der Waals surface area contributed by atoms with Crippen molar-refractivity contribution in [1.29, 1.82) is 0 Å². The zero-order chi connectivity index (χ0) is 55.0. The number of ether oxygens (including phenoxy) is 1. The van der Waals surface area contributed by atoms with E-state index >= 15 is 0 Å². The van der Waals surface area contributed by atoms with Gasteiger partial charge < -0.3 is 20.3 Å². The SMILES string of the molecule is CCCCCCCCCCCCCCCCCCC/C=C/C(O)C(CO)NC(=O)CCCCCCCCC/C=C\CCCCCCCCCCCCCOC(=O)CCCCCCCCCCCCCCCCCCCC. The highest BCUT2D eigenvalue weighted by Crippen LogP contribution is 2.18. The van der Waals surface area contributed by atoms with E-state index in [1.807, 2.05) is 6.08 Å². The van der Waals surface area contributed by atoms with E-state index in [2.05, 4.69) is 31.3 Å². The van der Waals surface area contributed by atoms with E-state index in [9.17, 15) is 19.8 Å². The first-order chi connectivity index (χ1) is 37.5. The molecule has 2 unspecified atom stereocenters. The summed E-state index contributed by atoms with van der Waals surface area (Å²) in [6, 6.07) is -0.633. The molecule has 0 spiro atoms. The van der Waals surface area contributed by atoms with Gasteiger partial charge in [0.2, 0.25) is 5.91 Å². The molecular formula is C70H135NO5. The molecule has 0 aliphatic carbocycles. The summed E-state index contributed by atoms with van der Waals surface area (Å²) in [5, 5.41) is 23.2. The molecule has 0 aliphatic heterocycles. The lowest BCUT2D eigenvalue weighted by Crippen LogP contribution is -2.45. The summed E-state index contributed by atoms with van der Waals surface area (Å²) in [7, 11) is 0. The third kappa shape index (κ3) is 61.6. The first kappa shape index (κ1) is 74.3. The molecule has 6 nitrogen and oxygen atoms in total. The molecule has 450 valence electrons. The molecule has 0 aromatic rings. The predicted molar refractivity (Wildman–Crippen MR) is 333 cm³/mol. The predicted octanol–water partition coefficient (Wildman–Crippen LogP) is 22.1. The van der Waals surface area contributed by atoms with Crippen LogP contribution >= 0.6 is 0 Å². The summed E-state index contributed by atoms with van der Waals surface area (Å²) < 4.78 is 5.51. The van der Waals surface area contributed by atoms with Crippen LogP contribution in [-0.2, 0) is 14.3 Å². The monoisotopic (exact) mass is 1070 g/mol. The molecule has 76 heavy (non-hydrogen) atoms. The molecule has 0 radical (unpaired) electrons. The number of aliphatic hydroxyl groups is 2. The lowest BCUT2D eigenvalue weighted by Gasteiger charge is -2.20. The average Bonchev–Trinajstić information content (AvgIpc) is 3.42. The Balaban J connectivity index is 3.42. The van der Waals surface area contributed by atoms with Gasteiger partial charge in [0, 0.05) is 12.8 Å². The van der Waals surface area contributed by atoms with Crippen molar-refractivity contribution in [2.75, 3.05) is 13.2 Å². The summed E-state index contributed by atoms with van der Waals surface area (Å²) >= 11 is 0. The van der Waals surface area contributed by atoms with E-state index in [4.69, 9.17) is 4.74 Å². The number of hydrogen-bond acceptors (Lipinski definition) is 5. The number of allylic oxidation sites excluding steroid dienone is 3. The van der Waals surface area contributed by atoms with Crippen LogP contribution in [0.25, 0.3) is 0 Å². The average molecular weight is 1070 g/mol. The molecule has 0 bridgehead atoms. The molecule has 1 amide bonds. The molecule has 0 aliphatic rings. The number of unbranched alkanes of at least 4 members (excludes halogenated alkanes) is 52. The van der Waals surface area contributed by atoms with E-state index in [0.29, 0.717) is 19.4 Å². The fourth-order valence-corrected chi connectivity index (χ4v) is 10.9. The van der Waals surface area contributed by atoms with Crippen LogP contribution in [0.1, 0.15) is 386 Å². The largest absolute Gasteiger partial charge is 0.466 e. The summed E-state index contributed by atoms with van der Waals surface area (Å²) in [6.07, 6.45) is 82.4. The van der Waals surface area contributed by atoms with Gasteiger partial charge in [-0.15, -0.1) is 0 Å². The van der Waals surface area contributed by atoms with Crippen molar-refractivity contribution in [1.82, 2.24) is 5.32 Å². The zero-order valence-electron chi connectivity index (χ0n) is 51.5. The van der Waals surface area contributed by atoms with Crippen LogP contribution in [0, 0.1) is 0 Å². The minimum atomic E-state index is -0.849. The third-order valence-electron chi connectivity index (χ3n) is 16.2. The Bertz CT molecular complexity index is 1190. The molecule has 3 N–H and O–H groups in total. The summed E-state index contributed by atoms with van der Waals surface area (Å²) in [5.41, 5.74) is 0. The fourth-order valence-electron chi connectivity index (χ4n) is 10.9. The van der Waals surface area contributed by atoms with Crippen LogP contribution < -0.4 is 5.32 Å². The highest BCUT2D eigenvalue weighted by Gasteiger charge is 2.18. The van der Waals surface area contributed by atoms with Crippen LogP contribution in [0.15, 0.2) is 24.3 Å². The van der Waals surface area contributed by atoms with E-state index < -0.39 is 12.1 Å². The number of carbonyl (C=O) groups is 2. The van der Waals surface area contributed by atoms with Crippen molar-refractivity contribution in [3.63, 3.8) is 0 Å². The number of carbonyl (C=O) groups excluding carboxylic acids is 2. The van der Waals surface area contributed by atoms with Crippen molar-refractivity contribution in [3.05, 3.63) is 24.3 Å². The lowest BCUT2D eigenvalue weighted by atomic mass is 10.0. The molecule has 0 rings (SSSR count). The van der Waals surface area contributed by atoms with E-state index in [-0.39, 0.29) is 18.5 Å². The van der Waals surface area contributed by atoms with E-state index in [0.717, 1.165) is 44.9 Å². The Labute approximate surface area is 475 Å². The van der Waals surface area contributed by atoms with Crippen LogP contribution in [-0.4, -0.2) is 47.4 Å². The first-order valence-corrected chi connectivity index (χ1v) is 34.6. The number of esters is 1. The first-order valence-electron chi connectivity index (χ1n) is 34.6. The van der Waals surface area contributed by atoms with Gasteiger partial charge in [-0.2, -0.15) is 0 Å². The third-order valence-corrected chi connectivity index (χ3v) is 16.2. The number of rotatable bonds is 65. The standard InChI is InChI=1S/C70H135NO5/c1-3-5-7-9-11-13-15-17-19-21-27-30-34-38-42-46-50-54-58-62-68(73)67(66-72)71-69(74)63-59-55-51-47-43-39-35-31-28-25-23-24-26-29-33-37-41-45-49-53-57-61-65-76-70(75)64-60-56-52-48-44-40-36-32-22-20-18-16-14-12-10-8-6-4-2/h25,28,58,62,67-68,72-73H,3-24,26-27,29-57,59-61,63-66H2,1-2H3,(H,71,74)/b28-25-,62-58+. The van der Waals surface area contributed by atoms with Gasteiger partial charge in [0.15, 0.2) is 0 Å². The number of hydrogen-bond donors (Lipinski definition) is 3. The maximum atomic E-state index is 12.5. The second-order valence-corrected chi connectivity index (χ2v) is 23.9. The van der Waals surface area contributed by atoms with Gasteiger partial charge >= 0.3 is 5.97 Å². The summed E-state index contributed by atoms with van der Waals surface area (Å²) in [5.74, 6) is -0.0570. The molecule has 6 heteroatoms. The van der Waals surface area contributed by atoms with E-state index in [1.165, 1.54) is 315 Å². The van der Waals surface area contributed by atoms with Crippen LogP contribution in [0.5, 0.6) is 0 Å². The molecule has 0 saturated carbocycles. The Morgan fingerprint density at radius 3 is 0.934 bits per heavy atom. The van der Waals surface area contributed by atoms with Gasteiger partial charge in [-0.1, -0.05) is 340 Å². The summed E-state index contributed by atoms with van der Waals surface area (Å²) in [6.45, 7) is 4.94. The van der Waals surface area contributed by atoms with Crippen molar-refractivity contribution < 1.29 is 24.5 Å². The molecule has 0 saturated heterocycles. The Hall–Kier alpha value is -1.66. The molecule has 2 atom stereocenters. The molecule has 0 fully saturated rings. The Morgan fingerprint density at radius 1 is 0.355 bits per heavy atom. The molecule has 0 aromatic carbocycles. The maximum absolute atomic E-state index is 12.5. The van der Waals surface area contributed by atoms with Crippen molar-refractivity contribution in [2.24, 2.45) is 0 Å². The lowest BCUT2D eigenvalue weighted by molar-refractivity contribution is -0.143. The second kappa shape index (κ2) is 65.9. The van der Waals surface area contributed by atoms with Crippen LogP contribution in [0.4, 0.5) is 0 Å². The second-order valence-electron chi connectivity index (χ2n) is 23.9. The highest BCUT2D eigenvalue weighted by atomic mass is 16.5. The number of aliphatic hydroxyl groups excluding tert-OH is 2. The van der Waals surface area contributed by atoms with Gasteiger partial charge in [0.25, 0.3) is 0 Å². The fraction of sp³-hybridized carbons (Fsp3) is 0.914. The summed E-state index contributed by atoms with van der Waals surface area (Å²) in [4.78, 5) is 24.6. The minimum Gasteiger partial charge on any atom is -0.466 e. The zero-order valence-corrected chi connectivity index (χ0v) is 51.5. The normalized spacial score (nSPS) is 12.6. The van der Waals surface area contributed by atoms with Crippen LogP contribution in [0.3, 0.4) is 0 Å². The number of amides is 1. The van der Waals surface area contributed by atoms with Gasteiger partial charge in [-0.3, -0.25) is 9.59 Å². The van der Waals surface area contributed by atoms with Crippen molar-refractivity contribution >= 4 is 11.9 Å². The highest BCUT2D eigenvalue weighted by molar-refractivity contribution is 5.76. The van der Waals surface area contributed by atoms with Crippen LogP contribution in [0.2, 0.25) is 0 Å². The van der Waals surface area contributed by atoms with Gasteiger partial charge in [0.05, 0.1) is 25.4 Å². The molecular weight excluding hydrogens is 935 g/mol. The van der Waals surface area contributed by atoms with Gasteiger partial charge in [0.1, 0.15) is 0 Å². The smallest absolute Gasteiger partial charge is 0.305 e. The Morgan fingerprint density at radius 2 is 0.618 bits per heavy atom. The maximum Gasteiger partial charge on any atom is 0.305 e. The van der Waals surface area contributed by atoms with Crippen molar-refractivity contribution in [3.8, 4) is 0 Å². The number of nitrogens with one attached hydrogen (secondary N) is 1. The minimum absolute atomic E-state index is 0.0146. The Kier molecular flexibility index (Phi) is 64.4. The quantitative estimate of drug-likeness (QED) is 0.0320. The molecule has 0 heterocycles. The topological polar surface area (TPSA) is 95.9 Å². The van der Waals surface area contributed by atoms with Gasteiger partial charge in [-0.25, -0.2) is 0 Å². The molecule has 0 aromatic heterocycles. The van der Waals surface area contributed by atoms with Crippen molar-refractivity contribution in [2.45, 2.75) is 398 Å². The van der Waals surface area contributed by atoms with Gasteiger partial charge in [-0.05, 0) is 57.8 Å².